The highest BCUT2D eigenvalue weighted by atomic mass is 16.5. The van der Waals surface area contributed by atoms with E-state index in [0.29, 0.717) is 31.7 Å². The van der Waals surface area contributed by atoms with Crippen LogP contribution < -0.4 is 0 Å². The first-order valence-corrected chi connectivity index (χ1v) is 9.48. The van der Waals surface area contributed by atoms with Crippen LogP contribution in [0.15, 0.2) is 30.8 Å². The van der Waals surface area contributed by atoms with Gasteiger partial charge in [0.2, 0.25) is 0 Å². The normalized spacial score (nSPS) is 11.8. The van der Waals surface area contributed by atoms with Crippen molar-refractivity contribution in [1.82, 2.24) is 9.80 Å². The van der Waals surface area contributed by atoms with Crippen LogP contribution in [0.1, 0.15) is 17.2 Å². The third-order valence-electron chi connectivity index (χ3n) is 4.49. The van der Waals surface area contributed by atoms with Gasteiger partial charge in [-0.15, -0.1) is 0 Å². The molecule has 0 amide bonds. The lowest BCUT2D eigenvalue weighted by Crippen LogP contribution is -2.42. The molecule has 0 saturated heterocycles. The molecular formula is C21H30N2O7. The molecule has 0 bridgehead atoms. The number of nitrogens with zero attached hydrogens (tertiary/aromatic N) is 2. The molecule has 1 aromatic rings. The smallest absolute Gasteiger partial charge is 0.319 e. The van der Waals surface area contributed by atoms with Crippen LogP contribution in [0.4, 0.5) is 0 Å². The maximum atomic E-state index is 11.8. The van der Waals surface area contributed by atoms with Crippen molar-refractivity contribution < 1.29 is 33.7 Å². The molecule has 1 N–H and O–H groups in total. The van der Waals surface area contributed by atoms with Gasteiger partial charge in [0.25, 0.3) is 6.47 Å². The van der Waals surface area contributed by atoms with E-state index < -0.39 is 18.0 Å². The number of aliphatic hydroxyl groups is 1. The summed E-state index contributed by atoms with van der Waals surface area (Å²) in [7, 11) is 2.59. The maximum absolute atomic E-state index is 11.8. The third-order valence-corrected chi connectivity index (χ3v) is 4.49. The van der Waals surface area contributed by atoms with Crippen molar-refractivity contribution in [3.05, 3.63) is 42.0 Å². The molecule has 0 aliphatic heterocycles. The van der Waals surface area contributed by atoms with Crippen LogP contribution in [0.5, 0.6) is 0 Å². The number of methoxy groups -OCH3 is 2. The van der Waals surface area contributed by atoms with E-state index in [1.165, 1.54) is 14.2 Å². The number of rotatable bonds is 15. The molecule has 0 fully saturated rings. The minimum atomic E-state index is -0.851. The van der Waals surface area contributed by atoms with Crippen molar-refractivity contribution in [3.8, 4) is 0 Å². The van der Waals surface area contributed by atoms with Gasteiger partial charge in [0, 0.05) is 26.2 Å². The van der Waals surface area contributed by atoms with Crippen molar-refractivity contribution in [3.63, 3.8) is 0 Å². The number of hydrogen-bond donors (Lipinski definition) is 1. The molecule has 166 valence electrons. The Morgan fingerprint density at radius 3 is 2.27 bits per heavy atom. The summed E-state index contributed by atoms with van der Waals surface area (Å²) in [6.07, 6.45) is 0.810. The second-order valence-electron chi connectivity index (χ2n) is 6.48. The van der Waals surface area contributed by atoms with Crippen molar-refractivity contribution in [2.24, 2.45) is 0 Å². The summed E-state index contributed by atoms with van der Waals surface area (Å²) < 4.78 is 14.2. The van der Waals surface area contributed by atoms with E-state index >= 15 is 0 Å². The van der Waals surface area contributed by atoms with Gasteiger partial charge in [-0.2, -0.15) is 0 Å². The first-order chi connectivity index (χ1) is 14.4. The first kappa shape index (κ1) is 25.3. The van der Waals surface area contributed by atoms with Gasteiger partial charge in [0.05, 0.1) is 33.4 Å². The van der Waals surface area contributed by atoms with E-state index in [1.54, 1.807) is 21.9 Å². The summed E-state index contributed by atoms with van der Waals surface area (Å²) in [5.41, 5.74) is 1.51. The summed E-state index contributed by atoms with van der Waals surface area (Å²) in [6, 6.07) is 7.33. The fourth-order valence-corrected chi connectivity index (χ4v) is 2.85. The molecule has 0 radical (unpaired) electrons. The lowest BCUT2D eigenvalue weighted by molar-refractivity contribution is -0.144. The van der Waals surface area contributed by atoms with E-state index in [1.807, 2.05) is 18.2 Å². The molecule has 1 aromatic carbocycles. The molecule has 0 spiro atoms. The number of aliphatic hydroxyl groups excluding tert-OH is 1. The van der Waals surface area contributed by atoms with Crippen molar-refractivity contribution in [2.45, 2.75) is 6.10 Å². The highest BCUT2D eigenvalue weighted by molar-refractivity contribution is 5.72. The average Bonchev–Trinajstić information content (AvgIpc) is 2.76. The maximum Gasteiger partial charge on any atom is 0.319 e. The second kappa shape index (κ2) is 14.3. The largest absolute Gasteiger partial charge is 0.468 e. The Balaban J connectivity index is 2.83. The summed E-state index contributed by atoms with van der Waals surface area (Å²) in [5.74, 6) is -0.872. The molecular weight excluding hydrogens is 392 g/mol. The van der Waals surface area contributed by atoms with Crippen molar-refractivity contribution >= 4 is 24.5 Å². The lowest BCUT2D eigenvalue weighted by atomic mass is 10.0. The van der Waals surface area contributed by atoms with Crippen LogP contribution in [-0.4, -0.2) is 93.4 Å². The number of esters is 2. The minimum absolute atomic E-state index is 0.00658. The summed E-state index contributed by atoms with van der Waals surface area (Å²) in [5, 5.41) is 10.7. The van der Waals surface area contributed by atoms with E-state index in [0.717, 1.165) is 5.56 Å². The molecule has 0 heterocycles. The minimum Gasteiger partial charge on any atom is -0.468 e. The number of hydrogen-bond acceptors (Lipinski definition) is 9. The summed E-state index contributed by atoms with van der Waals surface area (Å²) in [4.78, 5) is 37.3. The van der Waals surface area contributed by atoms with Crippen LogP contribution in [-0.2, 0) is 28.6 Å². The van der Waals surface area contributed by atoms with Gasteiger partial charge >= 0.3 is 11.9 Å². The quantitative estimate of drug-likeness (QED) is 0.187. The topological polar surface area (TPSA) is 106 Å². The second-order valence-corrected chi connectivity index (χ2v) is 6.48. The van der Waals surface area contributed by atoms with Crippen LogP contribution in [0, 0.1) is 0 Å². The van der Waals surface area contributed by atoms with Gasteiger partial charge < -0.3 is 19.3 Å². The van der Waals surface area contributed by atoms with E-state index in [9.17, 15) is 19.5 Å². The Bertz CT molecular complexity index is 696. The predicted molar refractivity (Wildman–Crippen MR) is 110 cm³/mol. The Kier molecular flexibility index (Phi) is 12.0. The van der Waals surface area contributed by atoms with Gasteiger partial charge in [-0.3, -0.25) is 24.2 Å². The molecule has 1 atom stereocenters. The molecule has 0 aromatic heterocycles. The Labute approximate surface area is 176 Å². The van der Waals surface area contributed by atoms with E-state index in [-0.39, 0.29) is 26.2 Å². The lowest BCUT2D eigenvalue weighted by Gasteiger charge is -2.28. The zero-order chi connectivity index (χ0) is 22.4. The molecule has 0 saturated carbocycles. The van der Waals surface area contributed by atoms with Gasteiger partial charge in [0.1, 0.15) is 6.61 Å². The molecule has 9 heteroatoms. The van der Waals surface area contributed by atoms with E-state index in [4.69, 9.17) is 14.2 Å². The summed E-state index contributed by atoms with van der Waals surface area (Å²) >= 11 is 0. The van der Waals surface area contributed by atoms with Gasteiger partial charge in [-0.05, 0) is 11.1 Å². The van der Waals surface area contributed by atoms with Gasteiger partial charge in [-0.1, -0.05) is 36.9 Å². The predicted octanol–water partition coefficient (Wildman–Crippen LogP) is 0.486. The highest BCUT2D eigenvalue weighted by Crippen LogP contribution is 2.20. The fraction of sp³-hybridized carbons (Fsp3) is 0.476. The Morgan fingerprint density at radius 2 is 1.67 bits per heavy atom. The third kappa shape index (κ3) is 9.17. The zero-order valence-electron chi connectivity index (χ0n) is 17.5. The van der Waals surface area contributed by atoms with Crippen LogP contribution in [0.2, 0.25) is 0 Å². The molecule has 30 heavy (non-hydrogen) atoms. The van der Waals surface area contributed by atoms with Crippen LogP contribution >= 0.6 is 0 Å². The van der Waals surface area contributed by atoms with Crippen LogP contribution in [0.25, 0.3) is 6.08 Å². The number of ether oxygens (including phenoxy) is 3. The number of carbonyl (C=O) groups is 3. The summed E-state index contributed by atoms with van der Waals surface area (Å²) in [6.45, 7) is 5.44. The fourth-order valence-electron chi connectivity index (χ4n) is 2.85. The molecule has 1 rings (SSSR count). The van der Waals surface area contributed by atoms with E-state index in [2.05, 4.69) is 6.58 Å². The molecule has 0 aliphatic rings. The van der Waals surface area contributed by atoms with Gasteiger partial charge in [0.15, 0.2) is 0 Å². The SMILES string of the molecule is C=Cc1ccccc1C(O)CN(CCN(CCOC=O)CC(=O)OC)CC(=O)OC. The Hall–Kier alpha value is -2.75. The monoisotopic (exact) mass is 422 g/mol. The number of carbonyl (C=O) groups excluding carboxylic acids is 3. The molecule has 9 nitrogen and oxygen atoms in total. The highest BCUT2D eigenvalue weighted by Gasteiger charge is 2.20. The molecule has 1 unspecified atom stereocenters. The Morgan fingerprint density at radius 1 is 1.07 bits per heavy atom. The standard InChI is InChI=1S/C21H30N2O7/c1-4-17-7-5-6-8-18(17)19(25)13-23(15-21(27)29-3)10-9-22(11-12-30-16-24)14-20(26)28-2/h4-8,16,19,25H,1,9-15H2,2-3H3. The van der Waals surface area contributed by atoms with Crippen molar-refractivity contribution in [2.75, 3.05) is 60.1 Å². The van der Waals surface area contributed by atoms with Gasteiger partial charge in [-0.25, -0.2) is 0 Å². The van der Waals surface area contributed by atoms with Crippen molar-refractivity contribution in [1.29, 1.82) is 0 Å². The first-order valence-electron chi connectivity index (χ1n) is 9.48. The molecule has 0 aliphatic carbocycles. The number of benzene rings is 1. The zero-order valence-corrected chi connectivity index (χ0v) is 17.5. The van der Waals surface area contributed by atoms with Crippen LogP contribution in [0.3, 0.4) is 0 Å². The average molecular weight is 422 g/mol.